The fraction of sp³-hybridized carbons (Fsp3) is 0.308. The molecule has 1 aromatic heterocycles. The van der Waals surface area contributed by atoms with Crippen LogP contribution in [0.1, 0.15) is 31.0 Å². The van der Waals surface area contributed by atoms with Crippen molar-refractivity contribution in [1.82, 2.24) is 4.98 Å². The van der Waals surface area contributed by atoms with E-state index in [0.29, 0.717) is 5.01 Å². The Morgan fingerprint density at radius 2 is 1.89 bits per heavy atom. The monoisotopic (exact) mass is 289 g/mol. The molecule has 0 radical (unpaired) electrons. The Morgan fingerprint density at radius 3 is 2.42 bits per heavy atom. The maximum Gasteiger partial charge on any atom is 0.419 e. The summed E-state index contributed by atoms with van der Waals surface area (Å²) in [5.41, 5.74) is -0.158. The van der Waals surface area contributed by atoms with Crippen molar-refractivity contribution in [2.75, 3.05) is 0 Å². The molecule has 0 aliphatic heterocycles. The third kappa shape index (κ3) is 2.94. The normalized spacial score (nSPS) is 12.2. The molecule has 0 atom stereocenters. The van der Waals surface area contributed by atoms with Gasteiger partial charge in [0, 0.05) is 10.9 Å². The van der Waals surface area contributed by atoms with Gasteiger partial charge in [0.05, 0.1) is 11.3 Å². The van der Waals surface area contributed by atoms with Crippen molar-refractivity contribution in [2.45, 2.75) is 25.9 Å². The molecule has 0 saturated heterocycles. The van der Waals surface area contributed by atoms with Crippen molar-refractivity contribution in [3.63, 3.8) is 0 Å². The van der Waals surface area contributed by atoms with Crippen molar-refractivity contribution < 1.29 is 17.6 Å². The van der Waals surface area contributed by atoms with Gasteiger partial charge in [0.2, 0.25) is 0 Å². The van der Waals surface area contributed by atoms with Crippen LogP contribution in [0.4, 0.5) is 17.6 Å². The topological polar surface area (TPSA) is 12.9 Å². The van der Waals surface area contributed by atoms with Gasteiger partial charge in [-0.15, -0.1) is 11.3 Å². The molecule has 0 N–H and O–H groups in total. The summed E-state index contributed by atoms with van der Waals surface area (Å²) >= 11 is 1.26. The van der Waals surface area contributed by atoms with Gasteiger partial charge in [0.1, 0.15) is 10.8 Å². The maximum absolute atomic E-state index is 13.2. The Bertz CT molecular complexity index is 587. The number of aromatic nitrogens is 1. The number of rotatable bonds is 2. The lowest BCUT2D eigenvalue weighted by atomic mass is 10.1. The fourth-order valence-corrected chi connectivity index (χ4v) is 2.54. The molecule has 0 saturated carbocycles. The van der Waals surface area contributed by atoms with Gasteiger partial charge in [0.15, 0.2) is 0 Å². The van der Waals surface area contributed by atoms with Gasteiger partial charge in [0.25, 0.3) is 0 Å². The number of hydrogen-bond acceptors (Lipinski definition) is 2. The Labute approximate surface area is 111 Å². The van der Waals surface area contributed by atoms with E-state index in [2.05, 4.69) is 4.98 Å². The first-order valence-electron chi connectivity index (χ1n) is 5.61. The summed E-state index contributed by atoms with van der Waals surface area (Å²) in [7, 11) is 0. The van der Waals surface area contributed by atoms with E-state index in [1.807, 2.05) is 13.8 Å². The van der Waals surface area contributed by atoms with Crippen LogP contribution in [-0.4, -0.2) is 4.98 Å². The lowest BCUT2D eigenvalue weighted by molar-refractivity contribution is -0.139. The highest BCUT2D eigenvalue weighted by Gasteiger charge is 2.34. The van der Waals surface area contributed by atoms with Gasteiger partial charge in [-0.3, -0.25) is 0 Å². The summed E-state index contributed by atoms with van der Waals surface area (Å²) in [5.74, 6) is -1.07. The van der Waals surface area contributed by atoms with Gasteiger partial charge in [-0.25, -0.2) is 9.37 Å². The molecule has 1 aromatic carbocycles. The Kier molecular flexibility index (Phi) is 3.62. The van der Waals surface area contributed by atoms with E-state index < -0.39 is 17.6 Å². The molecule has 0 aliphatic carbocycles. The molecule has 2 aromatic rings. The highest BCUT2D eigenvalue weighted by atomic mass is 32.1. The van der Waals surface area contributed by atoms with Crippen molar-refractivity contribution >= 4 is 11.3 Å². The van der Waals surface area contributed by atoms with Gasteiger partial charge in [-0.1, -0.05) is 13.8 Å². The SMILES string of the molecule is CC(C)c1csc(-c2ccc(F)c(C(F)(F)F)c2)n1. The lowest BCUT2D eigenvalue weighted by Gasteiger charge is -2.08. The number of benzene rings is 1. The molecule has 0 aliphatic rings. The minimum Gasteiger partial charge on any atom is -0.241 e. The molecule has 1 heterocycles. The van der Waals surface area contributed by atoms with Crippen LogP contribution in [0.5, 0.6) is 0 Å². The first kappa shape index (κ1) is 14.0. The van der Waals surface area contributed by atoms with Gasteiger partial charge < -0.3 is 0 Å². The molecule has 6 heteroatoms. The minimum absolute atomic E-state index is 0.201. The molecule has 0 unspecified atom stereocenters. The van der Waals surface area contributed by atoms with Crippen LogP contribution in [0, 0.1) is 5.82 Å². The summed E-state index contributed by atoms with van der Waals surface area (Å²) in [6, 6.07) is 2.94. The molecule has 0 amide bonds. The summed E-state index contributed by atoms with van der Waals surface area (Å²) in [5, 5.41) is 2.27. The second kappa shape index (κ2) is 4.92. The molecule has 19 heavy (non-hydrogen) atoms. The Balaban J connectivity index is 2.45. The van der Waals surface area contributed by atoms with Crippen molar-refractivity contribution in [3.8, 4) is 10.6 Å². The molecule has 0 fully saturated rings. The summed E-state index contributed by atoms with van der Waals surface area (Å²) < 4.78 is 51.0. The Morgan fingerprint density at radius 1 is 1.21 bits per heavy atom. The first-order valence-corrected chi connectivity index (χ1v) is 6.49. The first-order chi connectivity index (χ1) is 8.79. The minimum atomic E-state index is -4.70. The van der Waals surface area contributed by atoms with Crippen molar-refractivity contribution in [2.24, 2.45) is 0 Å². The van der Waals surface area contributed by atoms with Crippen molar-refractivity contribution in [1.29, 1.82) is 0 Å². The molecular formula is C13H11F4NS. The van der Waals surface area contributed by atoms with Crippen LogP contribution in [0.2, 0.25) is 0 Å². The molecular weight excluding hydrogens is 278 g/mol. The van der Waals surface area contributed by atoms with E-state index >= 15 is 0 Å². The summed E-state index contributed by atoms with van der Waals surface area (Å²) in [4.78, 5) is 4.26. The van der Waals surface area contributed by atoms with E-state index in [4.69, 9.17) is 0 Å². The quantitative estimate of drug-likeness (QED) is 0.702. The van der Waals surface area contributed by atoms with Crippen molar-refractivity contribution in [3.05, 3.63) is 40.7 Å². The molecule has 0 bridgehead atoms. The van der Waals surface area contributed by atoms with Gasteiger partial charge in [-0.05, 0) is 24.1 Å². The number of nitrogens with zero attached hydrogens (tertiary/aromatic N) is 1. The van der Waals surface area contributed by atoms with Gasteiger partial charge in [-0.2, -0.15) is 13.2 Å². The zero-order valence-corrected chi connectivity index (χ0v) is 11.1. The third-order valence-electron chi connectivity index (χ3n) is 2.63. The van der Waals surface area contributed by atoms with E-state index in [1.54, 1.807) is 5.38 Å². The van der Waals surface area contributed by atoms with E-state index in [1.165, 1.54) is 17.4 Å². The third-order valence-corrected chi connectivity index (χ3v) is 3.54. The predicted octanol–water partition coefficient (Wildman–Crippen LogP) is 5.09. The van der Waals surface area contributed by atoms with Gasteiger partial charge >= 0.3 is 6.18 Å². The van der Waals surface area contributed by atoms with E-state index in [-0.39, 0.29) is 11.5 Å². The fourth-order valence-electron chi connectivity index (χ4n) is 1.56. The predicted molar refractivity (Wildman–Crippen MR) is 66.6 cm³/mol. The largest absolute Gasteiger partial charge is 0.419 e. The van der Waals surface area contributed by atoms with Crippen LogP contribution >= 0.6 is 11.3 Å². The smallest absolute Gasteiger partial charge is 0.241 e. The number of alkyl halides is 3. The summed E-state index contributed by atoms with van der Waals surface area (Å²) in [6.45, 7) is 3.90. The average molecular weight is 289 g/mol. The molecule has 2 rings (SSSR count). The van der Waals surface area contributed by atoms with Crippen LogP contribution in [0.3, 0.4) is 0 Å². The standard InChI is InChI=1S/C13H11F4NS/c1-7(2)11-6-19-12(18-11)8-3-4-10(14)9(5-8)13(15,16)17/h3-7H,1-2H3. The average Bonchev–Trinajstić information content (AvgIpc) is 2.77. The highest BCUT2D eigenvalue weighted by Crippen LogP contribution is 2.35. The van der Waals surface area contributed by atoms with E-state index in [0.717, 1.165) is 17.8 Å². The number of hydrogen-bond donors (Lipinski definition) is 0. The molecule has 102 valence electrons. The zero-order valence-electron chi connectivity index (χ0n) is 10.3. The number of halogens is 4. The summed E-state index contributed by atoms with van der Waals surface area (Å²) in [6.07, 6.45) is -4.70. The van der Waals surface area contributed by atoms with Crippen LogP contribution in [0.25, 0.3) is 10.6 Å². The lowest BCUT2D eigenvalue weighted by Crippen LogP contribution is -2.08. The highest BCUT2D eigenvalue weighted by molar-refractivity contribution is 7.13. The number of thiazole rings is 1. The van der Waals surface area contributed by atoms with Crippen LogP contribution in [0.15, 0.2) is 23.6 Å². The van der Waals surface area contributed by atoms with Crippen LogP contribution in [-0.2, 0) is 6.18 Å². The molecule has 1 nitrogen and oxygen atoms in total. The second-order valence-electron chi connectivity index (χ2n) is 4.42. The van der Waals surface area contributed by atoms with E-state index in [9.17, 15) is 17.6 Å². The van der Waals surface area contributed by atoms with Crippen LogP contribution < -0.4 is 0 Å². The second-order valence-corrected chi connectivity index (χ2v) is 5.28. The zero-order chi connectivity index (χ0) is 14.2. The maximum atomic E-state index is 13.2. The Hall–Kier alpha value is -1.43. The molecule has 0 spiro atoms.